The van der Waals surface area contributed by atoms with Crippen molar-refractivity contribution in [2.75, 3.05) is 5.32 Å². The van der Waals surface area contributed by atoms with Crippen molar-refractivity contribution in [1.29, 1.82) is 0 Å². The molecule has 2 aromatic rings. The molecule has 0 spiro atoms. The molecule has 0 saturated carbocycles. The van der Waals surface area contributed by atoms with Gasteiger partial charge in [0, 0.05) is 36.0 Å². The highest BCUT2D eigenvalue weighted by atomic mass is 35.5. The molecule has 0 bridgehead atoms. The number of rotatable bonds is 2. The van der Waals surface area contributed by atoms with Crippen LogP contribution >= 0.6 is 24.8 Å². The third kappa shape index (κ3) is 4.38. The fraction of sp³-hybridized carbons (Fsp3) is 0. The lowest BCUT2D eigenvalue weighted by molar-refractivity contribution is 0.102. The first-order valence-electron chi connectivity index (χ1n) is 4.47. The Morgan fingerprint density at radius 1 is 0.882 bits per heavy atom. The Hall–Kier alpha value is -1.65. The topological polar surface area (TPSA) is 54.9 Å². The van der Waals surface area contributed by atoms with Crippen LogP contribution in [0.1, 0.15) is 10.4 Å². The average molecular weight is 272 g/mol. The summed E-state index contributed by atoms with van der Waals surface area (Å²) in [7, 11) is 0. The second-order valence-electron chi connectivity index (χ2n) is 2.93. The third-order valence-electron chi connectivity index (χ3n) is 1.88. The molecule has 0 atom stereocenters. The molecule has 1 amide bonds. The number of nitrogens with zero attached hydrogens (tertiary/aromatic N) is 2. The summed E-state index contributed by atoms with van der Waals surface area (Å²) in [5, 5.41) is 2.75. The van der Waals surface area contributed by atoms with Crippen LogP contribution in [0, 0.1) is 0 Å². The van der Waals surface area contributed by atoms with Crippen molar-refractivity contribution in [1.82, 2.24) is 9.97 Å². The molecule has 0 fully saturated rings. The van der Waals surface area contributed by atoms with E-state index in [0.717, 1.165) is 5.69 Å². The number of nitrogens with one attached hydrogen (secondary N) is 1. The Kier molecular flexibility index (Phi) is 6.86. The van der Waals surface area contributed by atoms with Crippen LogP contribution in [-0.2, 0) is 0 Å². The number of hydrogen-bond donors (Lipinski definition) is 1. The molecule has 0 saturated heterocycles. The van der Waals surface area contributed by atoms with E-state index < -0.39 is 0 Å². The summed E-state index contributed by atoms with van der Waals surface area (Å²) in [6, 6.07) is 6.80. The number of amides is 1. The summed E-state index contributed by atoms with van der Waals surface area (Å²) >= 11 is 0. The van der Waals surface area contributed by atoms with Crippen LogP contribution in [0.3, 0.4) is 0 Å². The molecule has 17 heavy (non-hydrogen) atoms. The van der Waals surface area contributed by atoms with Gasteiger partial charge in [-0.2, -0.15) is 0 Å². The molecule has 4 nitrogen and oxygen atoms in total. The molecule has 0 aromatic carbocycles. The lowest BCUT2D eigenvalue weighted by Gasteiger charge is -2.03. The van der Waals surface area contributed by atoms with Gasteiger partial charge < -0.3 is 5.32 Å². The Labute approximate surface area is 111 Å². The van der Waals surface area contributed by atoms with Crippen LogP contribution in [-0.4, -0.2) is 15.9 Å². The molecule has 1 N–H and O–H groups in total. The maximum Gasteiger partial charge on any atom is 0.255 e. The standard InChI is InChI=1S/C11H9N3O.2ClH/c15-11(9-1-5-12-6-2-9)14-10-3-7-13-8-4-10;;/h1-8H,(H,13,14,15);2*1H. The van der Waals surface area contributed by atoms with Gasteiger partial charge in [-0.05, 0) is 24.3 Å². The fourth-order valence-corrected chi connectivity index (χ4v) is 1.14. The maximum absolute atomic E-state index is 11.7. The maximum atomic E-state index is 11.7. The molecule has 0 unspecified atom stereocenters. The van der Waals surface area contributed by atoms with E-state index in [1.807, 2.05) is 0 Å². The van der Waals surface area contributed by atoms with Gasteiger partial charge in [0.1, 0.15) is 0 Å². The van der Waals surface area contributed by atoms with Crippen molar-refractivity contribution in [3.05, 3.63) is 54.6 Å². The highest BCUT2D eigenvalue weighted by molar-refractivity contribution is 6.04. The monoisotopic (exact) mass is 271 g/mol. The van der Waals surface area contributed by atoms with E-state index in [1.165, 1.54) is 0 Å². The summed E-state index contributed by atoms with van der Waals surface area (Å²) in [4.78, 5) is 19.4. The molecule has 0 aliphatic rings. The summed E-state index contributed by atoms with van der Waals surface area (Å²) in [6.45, 7) is 0. The lowest BCUT2D eigenvalue weighted by atomic mass is 10.2. The van der Waals surface area contributed by atoms with Crippen molar-refractivity contribution in [3.63, 3.8) is 0 Å². The highest BCUT2D eigenvalue weighted by Crippen LogP contribution is 2.06. The van der Waals surface area contributed by atoms with Crippen LogP contribution < -0.4 is 5.32 Å². The van der Waals surface area contributed by atoms with Gasteiger partial charge >= 0.3 is 0 Å². The van der Waals surface area contributed by atoms with Gasteiger partial charge in [0.25, 0.3) is 5.91 Å². The van der Waals surface area contributed by atoms with Crippen LogP contribution in [0.15, 0.2) is 49.1 Å². The van der Waals surface area contributed by atoms with E-state index in [9.17, 15) is 4.79 Å². The normalized spacial score (nSPS) is 8.47. The number of carbonyl (C=O) groups is 1. The quantitative estimate of drug-likeness (QED) is 0.914. The number of pyridine rings is 2. The van der Waals surface area contributed by atoms with E-state index in [4.69, 9.17) is 0 Å². The average Bonchev–Trinajstić information content (AvgIpc) is 2.31. The fourth-order valence-electron chi connectivity index (χ4n) is 1.14. The van der Waals surface area contributed by atoms with E-state index in [1.54, 1.807) is 49.1 Å². The molecule has 2 heterocycles. The van der Waals surface area contributed by atoms with Gasteiger partial charge in [-0.15, -0.1) is 24.8 Å². The Morgan fingerprint density at radius 3 is 1.88 bits per heavy atom. The predicted octanol–water partition coefficient (Wildman–Crippen LogP) is 2.57. The van der Waals surface area contributed by atoms with E-state index >= 15 is 0 Å². The molecule has 2 aromatic heterocycles. The van der Waals surface area contributed by atoms with Crippen LogP contribution in [0.4, 0.5) is 5.69 Å². The number of carbonyl (C=O) groups excluding carboxylic acids is 1. The molecule has 0 aliphatic carbocycles. The minimum Gasteiger partial charge on any atom is -0.322 e. The Bertz CT molecular complexity index is 451. The molecule has 6 heteroatoms. The first-order valence-corrected chi connectivity index (χ1v) is 4.47. The van der Waals surface area contributed by atoms with Gasteiger partial charge in [-0.3, -0.25) is 14.8 Å². The van der Waals surface area contributed by atoms with Gasteiger partial charge in [0.2, 0.25) is 0 Å². The zero-order valence-electron chi connectivity index (χ0n) is 8.74. The first-order chi connectivity index (χ1) is 7.36. The summed E-state index contributed by atoms with van der Waals surface area (Å²) in [5.41, 5.74) is 1.31. The van der Waals surface area contributed by atoms with Crippen molar-refractivity contribution >= 4 is 36.4 Å². The molecular weight excluding hydrogens is 261 g/mol. The molecule has 2 rings (SSSR count). The predicted molar refractivity (Wildman–Crippen MR) is 70.9 cm³/mol. The first kappa shape index (κ1) is 15.3. The van der Waals surface area contributed by atoms with Gasteiger partial charge in [0.05, 0.1) is 0 Å². The van der Waals surface area contributed by atoms with Gasteiger partial charge in [-0.25, -0.2) is 0 Å². The van der Waals surface area contributed by atoms with Gasteiger partial charge in [0.15, 0.2) is 0 Å². The van der Waals surface area contributed by atoms with Gasteiger partial charge in [-0.1, -0.05) is 0 Å². The van der Waals surface area contributed by atoms with Crippen LogP contribution in [0.5, 0.6) is 0 Å². The molecule has 0 aliphatic heterocycles. The smallest absolute Gasteiger partial charge is 0.255 e. The number of aromatic nitrogens is 2. The van der Waals surface area contributed by atoms with Crippen molar-refractivity contribution in [3.8, 4) is 0 Å². The van der Waals surface area contributed by atoms with Crippen molar-refractivity contribution in [2.24, 2.45) is 0 Å². The van der Waals surface area contributed by atoms with Crippen LogP contribution in [0.2, 0.25) is 0 Å². The summed E-state index contributed by atoms with van der Waals surface area (Å²) in [6.07, 6.45) is 6.42. The summed E-state index contributed by atoms with van der Waals surface area (Å²) < 4.78 is 0. The minimum atomic E-state index is -0.149. The molecular formula is C11H11Cl2N3O. The zero-order chi connectivity index (χ0) is 10.5. The van der Waals surface area contributed by atoms with E-state index in [-0.39, 0.29) is 30.7 Å². The largest absolute Gasteiger partial charge is 0.322 e. The van der Waals surface area contributed by atoms with E-state index in [0.29, 0.717) is 5.56 Å². The zero-order valence-corrected chi connectivity index (χ0v) is 10.4. The Balaban J connectivity index is 0.00000128. The number of hydrogen-bond acceptors (Lipinski definition) is 3. The summed E-state index contributed by atoms with van der Waals surface area (Å²) in [5.74, 6) is -0.149. The molecule has 90 valence electrons. The highest BCUT2D eigenvalue weighted by Gasteiger charge is 2.03. The van der Waals surface area contributed by atoms with Crippen LogP contribution in [0.25, 0.3) is 0 Å². The molecule has 0 radical (unpaired) electrons. The number of halogens is 2. The minimum absolute atomic E-state index is 0. The SMILES string of the molecule is Cl.Cl.O=C(Nc1ccncc1)c1ccncc1. The van der Waals surface area contributed by atoms with E-state index in [2.05, 4.69) is 15.3 Å². The second kappa shape index (κ2) is 7.60. The Morgan fingerprint density at radius 2 is 1.35 bits per heavy atom. The number of anilines is 1. The second-order valence-corrected chi connectivity index (χ2v) is 2.93. The van der Waals surface area contributed by atoms with Crippen molar-refractivity contribution < 1.29 is 4.79 Å². The van der Waals surface area contributed by atoms with Crippen molar-refractivity contribution in [2.45, 2.75) is 0 Å². The lowest BCUT2D eigenvalue weighted by Crippen LogP contribution is -2.11. The third-order valence-corrected chi connectivity index (χ3v) is 1.88.